The number of pyridine rings is 2. The van der Waals surface area contributed by atoms with Gasteiger partial charge in [0.2, 0.25) is 0 Å². The minimum absolute atomic E-state index is 0.603. The molecule has 4 heterocycles. The maximum Gasteiger partial charge on any atom is 0.164 e. The van der Waals surface area contributed by atoms with Gasteiger partial charge in [0, 0.05) is 58.4 Å². The van der Waals surface area contributed by atoms with Crippen molar-refractivity contribution in [2.45, 2.75) is 0 Å². The average molecular weight is 647 g/mol. The van der Waals surface area contributed by atoms with Gasteiger partial charge in [-0.2, -0.15) is 5.10 Å². The van der Waals surface area contributed by atoms with E-state index in [-0.39, 0.29) is 0 Å². The van der Waals surface area contributed by atoms with Crippen LogP contribution >= 0.6 is 0 Å². The summed E-state index contributed by atoms with van der Waals surface area (Å²) in [5.41, 5.74) is 6.43. The second-order valence-electron chi connectivity index (χ2n) is 11.8. The van der Waals surface area contributed by atoms with E-state index in [0.29, 0.717) is 23.0 Å². The second kappa shape index (κ2) is 12.6. The van der Waals surface area contributed by atoms with Crippen LogP contribution in [0.15, 0.2) is 182 Å². The van der Waals surface area contributed by atoms with Gasteiger partial charge in [0.05, 0.1) is 11.0 Å². The molecule has 0 aliphatic rings. The van der Waals surface area contributed by atoms with E-state index in [1.165, 1.54) is 0 Å². The van der Waals surface area contributed by atoms with Gasteiger partial charge in [-0.15, -0.1) is 0 Å². The van der Waals surface area contributed by atoms with E-state index in [4.69, 9.17) is 14.7 Å². The van der Waals surface area contributed by atoms with Crippen LogP contribution in [0.25, 0.3) is 44.6 Å². The quantitative estimate of drug-likeness (QED) is 0.164. The number of hydrogen-bond donors (Lipinski definition) is 0. The highest BCUT2D eigenvalue weighted by Gasteiger charge is 2.24. The molecule has 0 atom stereocenters. The summed E-state index contributed by atoms with van der Waals surface area (Å²) in [7, 11) is 0. The van der Waals surface area contributed by atoms with E-state index < -0.39 is 0 Å². The van der Waals surface area contributed by atoms with Crippen LogP contribution in [0, 0.1) is 0 Å². The highest BCUT2D eigenvalue weighted by Crippen LogP contribution is 2.43. The number of aromatic nitrogens is 5. The Morgan fingerprint density at radius 1 is 0.560 bits per heavy atom. The third-order valence-corrected chi connectivity index (χ3v) is 8.74. The van der Waals surface area contributed by atoms with E-state index in [2.05, 4.69) is 87.4 Å². The molecule has 0 amide bonds. The molecular formula is C43H30N6O. The van der Waals surface area contributed by atoms with Crippen LogP contribution in [0.4, 0.5) is 17.2 Å². The summed E-state index contributed by atoms with van der Waals surface area (Å²) < 4.78 is 10.9. The molecule has 7 heteroatoms. The number of benzene rings is 5. The van der Waals surface area contributed by atoms with E-state index in [9.17, 15) is 0 Å². The van der Waals surface area contributed by atoms with Crippen LogP contribution in [-0.2, 0) is 0 Å². The normalized spacial score (nSPS) is 11.2. The maximum atomic E-state index is 6.89. The van der Waals surface area contributed by atoms with Gasteiger partial charge in [0.25, 0.3) is 0 Å². The monoisotopic (exact) mass is 646 g/mol. The van der Waals surface area contributed by atoms with Crippen molar-refractivity contribution in [3.8, 4) is 34.3 Å². The highest BCUT2D eigenvalue weighted by molar-refractivity contribution is 6.09. The summed E-state index contributed by atoms with van der Waals surface area (Å²) in [5.74, 6) is 2.84. The van der Waals surface area contributed by atoms with Gasteiger partial charge in [0.15, 0.2) is 11.6 Å². The van der Waals surface area contributed by atoms with Crippen molar-refractivity contribution >= 4 is 39.0 Å². The maximum absolute atomic E-state index is 6.89. The molecule has 0 fully saturated rings. The third kappa shape index (κ3) is 5.23. The van der Waals surface area contributed by atoms with Crippen molar-refractivity contribution in [3.05, 3.63) is 182 Å². The van der Waals surface area contributed by atoms with Crippen LogP contribution in [0.3, 0.4) is 0 Å². The van der Waals surface area contributed by atoms with Crippen LogP contribution in [0.1, 0.15) is 0 Å². The summed E-state index contributed by atoms with van der Waals surface area (Å²) in [5, 5.41) is 6.93. The lowest BCUT2D eigenvalue weighted by atomic mass is 10.1. The van der Waals surface area contributed by atoms with Crippen LogP contribution in [-0.4, -0.2) is 24.3 Å². The molecule has 0 N–H and O–H groups in total. The van der Waals surface area contributed by atoms with Gasteiger partial charge in [-0.1, -0.05) is 91.0 Å². The first kappa shape index (κ1) is 29.2. The molecule has 9 aromatic rings. The van der Waals surface area contributed by atoms with Gasteiger partial charge in [-0.05, 0) is 60.7 Å². The summed E-state index contributed by atoms with van der Waals surface area (Å²) in [4.78, 5) is 12.3. The molecule has 9 rings (SSSR count). The molecule has 4 aromatic heterocycles. The molecule has 238 valence electrons. The van der Waals surface area contributed by atoms with Gasteiger partial charge < -0.3 is 4.74 Å². The first-order chi connectivity index (χ1) is 24.8. The fourth-order valence-corrected chi connectivity index (χ4v) is 6.52. The minimum atomic E-state index is 0.603. The summed E-state index contributed by atoms with van der Waals surface area (Å²) >= 11 is 0. The number of ether oxygens (including phenoxy) is 1. The zero-order valence-corrected chi connectivity index (χ0v) is 26.9. The SMILES string of the molecule is c1ccc(-c2nc(N(c3ccccc3)c3ccccc3)c(-n3cccn3)cc2Oc2ccc3c4ccccc4n(-c4ccccn4)c3c2)cc1. The Labute approximate surface area is 288 Å². The summed E-state index contributed by atoms with van der Waals surface area (Å²) in [6.07, 6.45) is 5.52. The third-order valence-electron chi connectivity index (χ3n) is 8.74. The van der Waals surface area contributed by atoms with Crippen molar-refractivity contribution in [1.29, 1.82) is 0 Å². The van der Waals surface area contributed by atoms with Gasteiger partial charge in [0.1, 0.15) is 22.9 Å². The first-order valence-electron chi connectivity index (χ1n) is 16.4. The number of rotatable bonds is 8. The van der Waals surface area contributed by atoms with Crippen molar-refractivity contribution in [2.24, 2.45) is 0 Å². The van der Waals surface area contributed by atoms with E-state index in [1.807, 2.05) is 108 Å². The number of fused-ring (bicyclic) bond motifs is 3. The fourth-order valence-electron chi connectivity index (χ4n) is 6.52. The molecule has 0 saturated carbocycles. The van der Waals surface area contributed by atoms with Crippen LogP contribution < -0.4 is 9.64 Å². The highest BCUT2D eigenvalue weighted by atomic mass is 16.5. The smallest absolute Gasteiger partial charge is 0.164 e. The average Bonchev–Trinajstić information content (AvgIpc) is 3.84. The Hall–Kier alpha value is -6.99. The predicted octanol–water partition coefficient (Wildman–Crippen LogP) is 10.7. The Balaban J connectivity index is 1.27. The molecule has 0 bridgehead atoms. The Kier molecular flexibility index (Phi) is 7.33. The van der Waals surface area contributed by atoms with E-state index >= 15 is 0 Å². The van der Waals surface area contributed by atoms with Crippen LogP contribution in [0.2, 0.25) is 0 Å². The minimum Gasteiger partial charge on any atom is -0.455 e. The lowest BCUT2D eigenvalue weighted by Gasteiger charge is -2.27. The number of nitrogens with zero attached hydrogens (tertiary/aromatic N) is 6. The molecule has 0 spiro atoms. The zero-order chi connectivity index (χ0) is 33.3. The molecule has 0 saturated heterocycles. The Morgan fingerprint density at radius 2 is 1.24 bits per heavy atom. The lowest BCUT2D eigenvalue weighted by molar-refractivity contribution is 0.482. The first-order valence-corrected chi connectivity index (χ1v) is 16.4. The largest absolute Gasteiger partial charge is 0.455 e. The molecule has 5 aromatic carbocycles. The van der Waals surface area contributed by atoms with Crippen molar-refractivity contribution < 1.29 is 4.74 Å². The molecule has 50 heavy (non-hydrogen) atoms. The zero-order valence-electron chi connectivity index (χ0n) is 26.9. The topological polar surface area (TPSA) is 61.0 Å². The summed E-state index contributed by atoms with van der Waals surface area (Å²) in [6, 6.07) is 55.2. The Bertz CT molecular complexity index is 2510. The number of para-hydroxylation sites is 3. The van der Waals surface area contributed by atoms with E-state index in [0.717, 1.165) is 50.2 Å². The fraction of sp³-hybridized carbons (Fsp3) is 0. The standard InChI is InChI=1S/C43H30N6O/c1-4-15-31(16-5-1)42-40(50-34-24-25-36-35-21-10-11-22-37(35)49(38(36)29-34)41-23-12-13-26-44-41)30-39(47-28-14-27-45-47)43(46-42)48(32-17-6-2-7-18-32)33-19-8-3-9-20-33/h1-30H. The van der Waals surface area contributed by atoms with Gasteiger partial charge in [-0.25, -0.2) is 14.6 Å². The molecule has 0 aliphatic heterocycles. The lowest BCUT2D eigenvalue weighted by Crippen LogP contribution is -2.16. The molecule has 0 unspecified atom stereocenters. The van der Waals surface area contributed by atoms with E-state index in [1.54, 1.807) is 6.20 Å². The number of hydrogen-bond acceptors (Lipinski definition) is 5. The van der Waals surface area contributed by atoms with Crippen molar-refractivity contribution in [1.82, 2.24) is 24.3 Å². The molecular weight excluding hydrogens is 617 g/mol. The van der Waals surface area contributed by atoms with Crippen LogP contribution in [0.5, 0.6) is 11.5 Å². The molecule has 0 aliphatic carbocycles. The van der Waals surface area contributed by atoms with Crippen molar-refractivity contribution in [3.63, 3.8) is 0 Å². The van der Waals surface area contributed by atoms with Gasteiger partial charge >= 0.3 is 0 Å². The molecule has 0 radical (unpaired) electrons. The summed E-state index contributed by atoms with van der Waals surface area (Å²) in [6.45, 7) is 0. The predicted molar refractivity (Wildman–Crippen MR) is 200 cm³/mol. The van der Waals surface area contributed by atoms with Crippen molar-refractivity contribution in [2.75, 3.05) is 4.90 Å². The Morgan fingerprint density at radius 3 is 1.94 bits per heavy atom. The van der Waals surface area contributed by atoms with Gasteiger partial charge in [-0.3, -0.25) is 9.47 Å². The molecule has 7 nitrogen and oxygen atoms in total. The number of anilines is 3. The second-order valence-corrected chi connectivity index (χ2v) is 11.8.